The van der Waals surface area contributed by atoms with Gasteiger partial charge in [-0.1, -0.05) is 17.7 Å². The van der Waals surface area contributed by atoms with Gasteiger partial charge >= 0.3 is 0 Å². The minimum absolute atomic E-state index is 0. The number of nitrogens with one attached hydrogen (secondary N) is 1. The molecule has 0 saturated heterocycles. The van der Waals surface area contributed by atoms with Crippen molar-refractivity contribution in [2.45, 2.75) is 12.5 Å². The number of hydrogen-bond acceptors (Lipinski definition) is 3. The Balaban J connectivity index is 0.00000180. The molecule has 1 aromatic heterocycles. The summed E-state index contributed by atoms with van der Waals surface area (Å²) in [6.07, 6.45) is 0.944. The minimum Gasteiger partial charge on any atom is -0.494 e. The van der Waals surface area contributed by atoms with E-state index in [9.17, 15) is 0 Å². The zero-order valence-corrected chi connectivity index (χ0v) is 13.0. The fourth-order valence-corrected chi connectivity index (χ4v) is 2.74. The zero-order chi connectivity index (χ0) is 12.8. The average Bonchev–Trinajstić information content (AvgIpc) is 2.91. The van der Waals surface area contributed by atoms with Crippen LogP contribution in [0.15, 0.2) is 41.8 Å². The summed E-state index contributed by atoms with van der Waals surface area (Å²) in [7, 11) is 1.98. The van der Waals surface area contributed by atoms with Crippen molar-refractivity contribution >= 4 is 35.3 Å². The highest BCUT2D eigenvalue weighted by Gasteiger charge is 2.09. The molecule has 2 nitrogen and oxygen atoms in total. The molecule has 0 spiro atoms. The molecule has 0 bridgehead atoms. The van der Waals surface area contributed by atoms with E-state index in [-0.39, 0.29) is 12.4 Å². The average molecular weight is 318 g/mol. The molecule has 0 saturated carbocycles. The Morgan fingerprint density at radius 2 is 2.00 bits per heavy atom. The molecule has 5 heteroatoms. The summed E-state index contributed by atoms with van der Waals surface area (Å²) < 4.78 is 5.70. The van der Waals surface area contributed by atoms with Gasteiger partial charge in [0.25, 0.3) is 0 Å². The third-order valence-corrected chi connectivity index (χ3v) is 3.96. The third kappa shape index (κ3) is 5.03. The molecule has 1 unspecified atom stereocenters. The molecular formula is C14H17Cl2NOS. The first-order valence-corrected chi connectivity index (χ1v) is 7.14. The summed E-state index contributed by atoms with van der Waals surface area (Å²) in [5.74, 6) is 0.862. The molecule has 19 heavy (non-hydrogen) atoms. The maximum absolute atomic E-state index is 5.82. The van der Waals surface area contributed by atoms with Crippen LogP contribution in [-0.2, 0) is 0 Å². The molecule has 0 aliphatic rings. The molecule has 1 aromatic carbocycles. The van der Waals surface area contributed by atoms with Crippen LogP contribution in [0.1, 0.15) is 17.3 Å². The Bertz CT molecular complexity index is 459. The van der Waals surface area contributed by atoms with Crippen molar-refractivity contribution in [2.75, 3.05) is 13.7 Å². The monoisotopic (exact) mass is 317 g/mol. The van der Waals surface area contributed by atoms with Crippen LogP contribution in [0, 0.1) is 0 Å². The summed E-state index contributed by atoms with van der Waals surface area (Å²) >= 11 is 7.59. The quantitative estimate of drug-likeness (QED) is 0.843. The van der Waals surface area contributed by atoms with E-state index in [1.807, 2.05) is 31.3 Å². The van der Waals surface area contributed by atoms with Gasteiger partial charge in [0.2, 0.25) is 0 Å². The topological polar surface area (TPSA) is 21.3 Å². The van der Waals surface area contributed by atoms with Crippen LogP contribution >= 0.6 is 35.3 Å². The van der Waals surface area contributed by atoms with Crippen LogP contribution in [-0.4, -0.2) is 13.7 Å². The minimum atomic E-state index is 0. The standard InChI is InChI=1S/C14H16ClNOS.ClH/c1-16-13(14-3-2-10-18-14)8-9-17-12-6-4-11(15)5-7-12;/h2-7,10,13,16H,8-9H2,1H3;1H. The first kappa shape index (κ1) is 16.3. The molecule has 1 atom stereocenters. The Kier molecular flexibility index (Phi) is 7.24. The van der Waals surface area contributed by atoms with Gasteiger partial charge in [0.05, 0.1) is 6.61 Å². The van der Waals surface area contributed by atoms with E-state index in [0.29, 0.717) is 12.6 Å². The molecule has 0 amide bonds. The molecule has 1 heterocycles. The van der Waals surface area contributed by atoms with Gasteiger partial charge in [-0.05, 0) is 42.8 Å². The van der Waals surface area contributed by atoms with Crippen molar-refractivity contribution in [1.82, 2.24) is 5.32 Å². The van der Waals surface area contributed by atoms with Crippen LogP contribution in [0.4, 0.5) is 0 Å². The molecule has 0 aliphatic carbocycles. The number of benzene rings is 1. The number of halogens is 2. The molecule has 104 valence electrons. The fourth-order valence-electron chi connectivity index (χ4n) is 1.74. The highest BCUT2D eigenvalue weighted by atomic mass is 35.5. The van der Waals surface area contributed by atoms with Crippen LogP contribution in [0.3, 0.4) is 0 Å². The van der Waals surface area contributed by atoms with E-state index in [1.165, 1.54) is 4.88 Å². The van der Waals surface area contributed by atoms with E-state index in [2.05, 4.69) is 22.8 Å². The van der Waals surface area contributed by atoms with Crippen LogP contribution in [0.5, 0.6) is 5.75 Å². The van der Waals surface area contributed by atoms with E-state index in [4.69, 9.17) is 16.3 Å². The van der Waals surface area contributed by atoms with Crippen LogP contribution in [0.2, 0.25) is 5.02 Å². The highest BCUT2D eigenvalue weighted by Crippen LogP contribution is 2.22. The van der Waals surface area contributed by atoms with Crippen LogP contribution < -0.4 is 10.1 Å². The second-order valence-electron chi connectivity index (χ2n) is 3.95. The molecule has 0 fully saturated rings. The van der Waals surface area contributed by atoms with Gasteiger partial charge in [-0.3, -0.25) is 0 Å². The van der Waals surface area contributed by atoms with Gasteiger partial charge in [0.1, 0.15) is 5.75 Å². The molecule has 1 N–H and O–H groups in total. The number of thiophene rings is 1. The summed E-state index contributed by atoms with van der Waals surface area (Å²) in [5, 5.41) is 6.14. The second kappa shape index (κ2) is 8.43. The van der Waals surface area contributed by atoms with Crippen molar-refractivity contribution < 1.29 is 4.74 Å². The molecule has 0 aliphatic heterocycles. The predicted octanol–water partition coefficient (Wildman–Crippen LogP) is 4.55. The predicted molar refractivity (Wildman–Crippen MR) is 84.9 cm³/mol. The maximum atomic E-state index is 5.82. The van der Waals surface area contributed by atoms with E-state index >= 15 is 0 Å². The lowest BCUT2D eigenvalue weighted by Crippen LogP contribution is -2.18. The Morgan fingerprint density at radius 3 is 2.58 bits per heavy atom. The smallest absolute Gasteiger partial charge is 0.119 e. The lowest BCUT2D eigenvalue weighted by Gasteiger charge is -2.15. The first-order chi connectivity index (χ1) is 8.79. The number of hydrogen-bond donors (Lipinski definition) is 1. The van der Waals surface area contributed by atoms with Gasteiger partial charge in [-0.15, -0.1) is 23.7 Å². The van der Waals surface area contributed by atoms with E-state index in [1.54, 1.807) is 11.3 Å². The van der Waals surface area contributed by atoms with Gasteiger partial charge < -0.3 is 10.1 Å². The molecule has 0 radical (unpaired) electrons. The number of rotatable bonds is 6. The maximum Gasteiger partial charge on any atom is 0.119 e. The summed E-state index contributed by atoms with van der Waals surface area (Å²) in [5.41, 5.74) is 0. The Morgan fingerprint density at radius 1 is 1.26 bits per heavy atom. The highest BCUT2D eigenvalue weighted by molar-refractivity contribution is 7.10. The Labute approximate surface area is 129 Å². The van der Waals surface area contributed by atoms with Crippen molar-refractivity contribution in [3.8, 4) is 5.75 Å². The second-order valence-corrected chi connectivity index (χ2v) is 5.36. The fraction of sp³-hybridized carbons (Fsp3) is 0.286. The van der Waals surface area contributed by atoms with Crippen molar-refractivity contribution in [1.29, 1.82) is 0 Å². The third-order valence-electron chi connectivity index (χ3n) is 2.72. The molecule has 2 aromatic rings. The van der Waals surface area contributed by atoms with Crippen LogP contribution in [0.25, 0.3) is 0 Å². The van der Waals surface area contributed by atoms with Crippen molar-refractivity contribution in [3.63, 3.8) is 0 Å². The lowest BCUT2D eigenvalue weighted by molar-refractivity contribution is 0.291. The SMILES string of the molecule is CNC(CCOc1ccc(Cl)cc1)c1cccs1.Cl. The zero-order valence-electron chi connectivity index (χ0n) is 10.6. The van der Waals surface area contributed by atoms with E-state index in [0.717, 1.165) is 17.2 Å². The first-order valence-electron chi connectivity index (χ1n) is 5.88. The van der Waals surface area contributed by atoms with Gasteiger partial charge in [0, 0.05) is 22.4 Å². The normalized spacial score (nSPS) is 11.7. The summed E-state index contributed by atoms with van der Waals surface area (Å²) in [6, 6.07) is 12.0. The van der Waals surface area contributed by atoms with E-state index < -0.39 is 0 Å². The lowest BCUT2D eigenvalue weighted by atomic mass is 10.2. The van der Waals surface area contributed by atoms with Crippen molar-refractivity contribution in [2.24, 2.45) is 0 Å². The van der Waals surface area contributed by atoms with Gasteiger partial charge in [-0.2, -0.15) is 0 Å². The van der Waals surface area contributed by atoms with Gasteiger partial charge in [-0.25, -0.2) is 0 Å². The van der Waals surface area contributed by atoms with Crippen molar-refractivity contribution in [3.05, 3.63) is 51.7 Å². The summed E-state index contributed by atoms with van der Waals surface area (Å²) in [4.78, 5) is 1.34. The molecule has 2 rings (SSSR count). The molecular weight excluding hydrogens is 301 g/mol. The summed E-state index contributed by atoms with van der Waals surface area (Å²) in [6.45, 7) is 0.686. The Hall–Kier alpha value is -0.740. The largest absolute Gasteiger partial charge is 0.494 e. The number of ether oxygens (including phenoxy) is 1. The van der Waals surface area contributed by atoms with Gasteiger partial charge in [0.15, 0.2) is 0 Å².